The highest BCUT2D eigenvalue weighted by molar-refractivity contribution is 5.94. The van der Waals surface area contributed by atoms with E-state index in [2.05, 4.69) is 25.6 Å². The Bertz CT molecular complexity index is 709. The number of hydrogen-bond acceptors (Lipinski definition) is 4. The van der Waals surface area contributed by atoms with E-state index in [4.69, 9.17) is 0 Å². The second-order valence-electron chi connectivity index (χ2n) is 5.13. The zero-order valence-electron chi connectivity index (χ0n) is 12.6. The highest BCUT2D eigenvalue weighted by Gasteiger charge is 2.21. The van der Waals surface area contributed by atoms with Crippen molar-refractivity contribution in [2.45, 2.75) is 26.1 Å². The number of nitrogens with zero attached hydrogens (tertiary/aromatic N) is 1. The molecule has 0 unspecified atom stereocenters. The molecule has 1 aliphatic heterocycles. The molecule has 0 spiro atoms. The van der Waals surface area contributed by atoms with Gasteiger partial charge in [-0.05, 0) is 6.07 Å². The molecule has 0 aliphatic carbocycles. The largest absolute Gasteiger partial charge is 0.434 e. The fourth-order valence-electron chi connectivity index (χ4n) is 2.53. The van der Waals surface area contributed by atoms with E-state index in [-0.39, 0.29) is 30.6 Å². The van der Waals surface area contributed by atoms with Crippen molar-refractivity contribution in [3.05, 3.63) is 46.8 Å². The fourth-order valence-corrected chi connectivity index (χ4v) is 2.53. The molecule has 0 bridgehead atoms. The van der Waals surface area contributed by atoms with Crippen LogP contribution in [0.25, 0.3) is 0 Å². The molecular weight excluding hydrogens is 342 g/mol. The number of aromatic nitrogens is 2. The molecule has 1 aromatic carbocycles. The van der Waals surface area contributed by atoms with Crippen LogP contribution in [0.4, 0.5) is 8.78 Å². The molecule has 1 amide bonds. The predicted molar refractivity (Wildman–Crippen MR) is 85.5 cm³/mol. The van der Waals surface area contributed by atoms with E-state index in [1.807, 2.05) is 0 Å². The maximum Gasteiger partial charge on any atom is 0.387 e. The van der Waals surface area contributed by atoms with E-state index in [0.717, 1.165) is 24.2 Å². The summed E-state index contributed by atoms with van der Waals surface area (Å²) in [7, 11) is 0. The number of amides is 1. The summed E-state index contributed by atoms with van der Waals surface area (Å²) >= 11 is 0. The Kier molecular flexibility index (Phi) is 6.10. The third-order valence-electron chi connectivity index (χ3n) is 3.65. The summed E-state index contributed by atoms with van der Waals surface area (Å²) in [5.41, 5.74) is 2.62. The van der Waals surface area contributed by atoms with Crippen LogP contribution in [-0.4, -0.2) is 29.3 Å². The maximum atomic E-state index is 12.4. The topological polar surface area (TPSA) is 79.0 Å². The first-order chi connectivity index (χ1) is 11.1. The van der Waals surface area contributed by atoms with Gasteiger partial charge in [-0.1, -0.05) is 18.2 Å². The van der Waals surface area contributed by atoms with Crippen LogP contribution in [0.1, 0.15) is 27.3 Å². The quantitative estimate of drug-likeness (QED) is 0.764. The number of rotatable bonds is 5. The average molecular weight is 359 g/mol. The monoisotopic (exact) mass is 358 g/mol. The Labute approximate surface area is 143 Å². The lowest BCUT2D eigenvalue weighted by atomic mass is 10.1. The standard InChI is InChI=1S/C15H16F2N4O2.ClH/c16-15(17)23-12-4-2-1-3-9(12)7-19-14(22)13-10-8-18-6-5-11(10)20-21-13;/h1-4,15,18H,5-8H2,(H,19,22)(H,20,21);1H. The summed E-state index contributed by atoms with van der Waals surface area (Å²) in [4.78, 5) is 12.3. The first-order valence-corrected chi connectivity index (χ1v) is 7.23. The summed E-state index contributed by atoms with van der Waals surface area (Å²) in [5.74, 6) is -0.299. The predicted octanol–water partition coefficient (Wildman–Crippen LogP) is 2.01. The van der Waals surface area contributed by atoms with Crippen LogP contribution >= 0.6 is 12.4 Å². The zero-order chi connectivity index (χ0) is 16.2. The summed E-state index contributed by atoms with van der Waals surface area (Å²) in [6.07, 6.45) is 0.792. The fraction of sp³-hybridized carbons (Fsp3) is 0.333. The zero-order valence-corrected chi connectivity index (χ0v) is 13.5. The number of halogens is 3. The third kappa shape index (κ3) is 4.01. The lowest BCUT2D eigenvalue weighted by Gasteiger charge is -2.13. The molecule has 2 heterocycles. The second-order valence-corrected chi connectivity index (χ2v) is 5.13. The Morgan fingerprint density at radius 1 is 1.38 bits per heavy atom. The first-order valence-electron chi connectivity index (χ1n) is 7.23. The van der Waals surface area contributed by atoms with Crippen molar-refractivity contribution in [2.24, 2.45) is 0 Å². The Balaban J connectivity index is 0.00000208. The van der Waals surface area contributed by atoms with Gasteiger partial charge >= 0.3 is 6.61 Å². The second kappa shape index (κ2) is 8.07. The Morgan fingerprint density at radius 2 is 2.17 bits per heavy atom. The smallest absolute Gasteiger partial charge is 0.387 e. The van der Waals surface area contributed by atoms with Crippen molar-refractivity contribution >= 4 is 18.3 Å². The van der Waals surface area contributed by atoms with E-state index in [1.54, 1.807) is 18.2 Å². The molecule has 9 heteroatoms. The van der Waals surface area contributed by atoms with Crippen molar-refractivity contribution in [1.82, 2.24) is 20.8 Å². The highest BCUT2D eigenvalue weighted by atomic mass is 35.5. The molecule has 24 heavy (non-hydrogen) atoms. The van der Waals surface area contributed by atoms with Crippen LogP contribution in [0.2, 0.25) is 0 Å². The number of ether oxygens (including phenoxy) is 1. The van der Waals surface area contributed by atoms with Gasteiger partial charge in [-0.25, -0.2) is 0 Å². The minimum absolute atomic E-state index is 0. The number of carbonyl (C=O) groups excluding carboxylic acids is 1. The van der Waals surface area contributed by atoms with Crippen molar-refractivity contribution < 1.29 is 18.3 Å². The maximum absolute atomic E-state index is 12.4. The van der Waals surface area contributed by atoms with Gasteiger partial charge in [-0.3, -0.25) is 9.89 Å². The van der Waals surface area contributed by atoms with Crippen LogP contribution in [-0.2, 0) is 19.5 Å². The molecule has 0 radical (unpaired) electrons. The molecule has 6 nitrogen and oxygen atoms in total. The van der Waals surface area contributed by atoms with Crippen LogP contribution in [0.5, 0.6) is 5.75 Å². The van der Waals surface area contributed by atoms with E-state index < -0.39 is 6.61 Å². The number of para-hydroxylation sites is 1. The number of fused-ring (bicyclic) bond motifs is 1. The SMILES string of the molecule is Cl.O=C(NCc1ccccc1OC(F)F)c1n[nH]c2c1CNCC2. The van der Waals surface area contributed by atoms with Crippen molar-refractivity contribution in [1.29, 1.82) is 0 Å². The molecular formula is C15H17ClF2N4O2. The van der Waals surface area contributed by atoms with Crippen LogP contribution in [0.15, 0.2) is 24.3 Å². The number of hydrogen-bond donors (Lipinski definition) is 3. The van der Waals surface area contributed by atoms with Crippen LogP contribution < -0.4 is 15.4 Å². The highest BCUT2D eigenvalue weighted by Crippen LogP contribution is 2.20. The Morgan fingerprint density at radius 3 is 2.96 bits per heavy atom. The lowest BCUT2D eigenvalue weighted by molar-refractivity contribution is -0.0504. The molecule has 0 fully saturated rings. The van der Waals surface area contributed by atoms with Crippen molar-refractivity contribution in [3.8, 4) is 5.75 Å². The third-order valence-corrected chi connectivity index (χ3v) is 3.65. The molecule has 1 aliphatic rings. The number of carbonyl (C=O) groups is 1. The van der Waals surface area contributed by atoms with Gasteiger partial charge in [0.1, 0.15) is 5.75 Å². The van der Waals surface area contributed by atoms with E-state index in [0.29, 0.717) is 17.8 Å². The number of benzene rings is 1. The van der Waals surface area contributed by atoms with E-state index in [1.165, 1.54) is 6.07 Å². The first kappa shape index (κ1) is 18.2. The normalized spacial score (nSPS) is 13.1. The molecule has 0 atom stereocenters. The van der Waals surface area contributed by atoms with Gasteiger partial charge in [0.05, 0.1) is 0 Å². The molecule has 1 aromatic heterocycles. The van der Waals surface area contributed by atoms with Gasteiger partial charge in [0.15, 0.2) is 5.69 Å². The molecule has 3 rings (SSSR count). The Hall–Kier alpha value is -2.19. The van der Waals surface area contributed by atoms with Crippen LogP contribution in [0, 0.1) is 0 Å². The summed E-state index contributed by atoms with van der Waals surface area (Å²) in [5, 5.41) is 12.8. The number of alkyl halides is 2. The van der Waals surface area contributed by atoms with Gasteiger partial charge in [0, 0.05) is 42.9 Å². The molecule has 0 saturated carbocycles. The molecule has 2 aromatic rings. The van der Waals surface area contributed by atoms with Gasteiger partial charge < -0.3 is 15.4 Å². The number of aromatic amines is 1. The van der Waals surface area contributed by atoms with Gasteiger partial charge in [-0.2, -0.15) is 13.9 Å². The van der Waals surface area contributed by atoms with E-state index >= 15 is 0 Å². The number of H-pyrrole nitrogens is 1. The van der Waals surface area contributed by atoms with Gasteiger partial charge in [-0.15, -0.1) is 12.4 Å². The van der Waals surface area contributed by atoms with Gasteiger partial charge in [0.25, 0.3) is 5.91 Å². The molecule has 0 saturated heterocycles. The average Bonchev–Trinajstić information content (AvgIpc) is 2.97. The van der Waals surface area contributed by atoms with Crippen molar-refractivity contribution in [3.63, 3.8) is 0 Å². The summed E-state index contributed by atoms with van der Waals surface area (Å²) in [6.45, 7) is -1.40. The minimum atomic E-state index is -2.91. The van der Waals surface area contributed by atoms with E-state index in [9.17, 15) is 13.6 Å². The van der Waals surface area contributed by atoms with Gasteiger partial charge in [0.2, 0.25) is 0 Å². The lowest BCUT2D eigenvalue weighted by Crippen LogP contribution is -2.28. The van der Waals surface area contributed by atoms with Crippen LogP contribution in [0.3, 0.4) is 0 Å². The molecule has 3 N–H and O–H groups in total. The molecule has 130 valence electrons. The van der Waals surface area contributed by atoms with Crippen molar-refractivity contribution in [2.75, 3.05) is 6.54 Å². The summed E-state index contributed by atoms with van der Waals surface area (Å²) < 4.78 is 29.2. The number of nitrogens with one attached hydrogen (secondary N) is 3. The summed E-state index contributed by atoms with van der Waals surface area (Å²) in [6, 6.07) is 6.35. The minimum Gasteiger partial charge on any atom is -0.434 e.